The van der Waals surface area contributed by atoms with Crippen molar-refractivity contribution in [2.75, 3.05) is 14.1 Å². The highest BCUT2D eigenvalue weighted by molar-refractivity contribution is 5.78. The molecule has 0 aromatic carbocycles. The summed E-state index contributed by atoms with van der Waals surface area (Å²) in [7, 11) is 3.67. The lowest BCUT2D eigenvalue weighted by Gasteiger charge is -2.23. The number of hydrogen-bond acceptors (Lipinski definition) is 1. The summed E-state index contributed by atoms with van der Waals surface area (Å²) in [5.74, 6) is 0.605. The van der Waals surface area contributed by atoms with Gasteiger partial charge in [0, 0.05) is 20.0 Å². The second-order valence-electron chi connectivity index (χ2n) is 3.37. The Balaban J connectivity index is 2.39. The fourth-order valence-electron chi connectivity index (χ4n) is 1.54. The minimum absolute atomic E-state index is 0.301. The third-order valence-electron chi connectivity index (χ3n) is 2.23. The van der Waals surface area contributed by atoms with Crippen molar-refractivity contribution in [2.45, 2.75) is 25.7 Å². The van der Waals surface area contributed by atoms with Crippen molar-refractivity contribution in [3.63, 3.8) is 0 Å². The van der Waals surface area contributed by atoms with E-state index in [4.69, 9.17) is 0 Å². The first-order valence-corrected chi connectivity index (χ1v) is 4.24. The van der Waals surface area contributed by atoms with Gasteiger partial charge in [0.25, 0.3) is 0 Å². The highest BCUT2D eigenvalue weighted by Gasteiger charge is 2.21. The molecule has 2 nitrogen and oxygen atoms in total. The van der Waals surface area contributed by atoms with Crippen molar-refractivity contribution in [2.24, 2.45) is 5.92 Å². The van der Waals surface area contributed by atoms with Gasteiger partial charge < -0.3 is 4.90 Å². The summed E-state index contributed by atoms with van der Waals surface area (Å²) < 4.78 is 0. The standard InChI is InChI=1S/C9H16NO/c1-10(2)9(11)8-6-4-3-5-7-8/h3,8H,4-7H2,1-2H3. The first-order valence-electron chi connectivity index (χ1n) is 4.24. The number of hydrogen-bond donors (Lipinski definition) is 0. The largest absolute Gasteiger partial charge is 0.349 e. The molecule has 0 unspecified atom stereocenters. The molecular weight excluding hydrogens is 138 g/mol. The molecule has 1 saturated carbocycles. The Kier molecular flexibility index (Phi) is 2.92. The Labute approximate surface area is 68.6 Å². The summed E-state index contributed by atoms with van der Waals surface area (Å²) in [6.45, 7) is 0. The molecule has 0 saturated heterocycles. The number of nitrogens with zero attached hydrogens (tertiary/aromatic N) is 1. The molecular formula is C9H16NO. The van der Waals surface area contributed by atoms with Crippen LogP contribution < -0.4 is 0 Å². The van der Waals surface area contributed by atoms with Crippen molar-refractivity contribution in [1.82, 2.24) is 4.90 Å². The van der Waals surface area contributed by atoms with E-state index in [9.17, 15) is 4.79 Å². The van der Waals surface area contributed by atoms with Crippen LogP contribution in [0, 0.1) is 12.3 Å². The quantitative estimate of drug-likeness (QED) is 0.560. The van der Waals surface area contributed by atoms with Crippen LogP contribution >= 0.6 is 0 Å². The van der Waals surface area contributed by atoms with Gasteiger partial charge in [-0.1, -0.05) is 0 Å². The minimum Gasteiger partial charge on any atom is -0.349 e. The predicted octanol–water partition coefficient (Wildman–Crippen LogP) is 1.47. The molecule has 1 rings (SSSR count). The van der Waals surface area contributed by atoms with Crippen LogP contribution in [-0.2, 0) is 4.79 Å². The number of carbonyl (C=O) groups is 1. The van der Waals surface area contributed by atoms with E-state index >= 15 is 0 Å². The maximum absolute atomic E-state index is 11.4. The lowest BCUT2D eigenvalue weighted by atomic mass is 9.88. The first-order chi connectivity index (χ1) is 5.22. The van der Waals surface area contributed by atoms with Gasteiger partial charge in [0.1, 0.15) is 0 Å². The van der Waals surface area contributed by atoms with Crippen LogP contribution in [0.1, 0.15) is 25.7 Å². The first kappa shape index (κ1) is 8.57. The van der Waals surface area contributed by atoms with E-state index in [1.54, 1.807) is 4.90 Å². The van der Waals surface area contributed by atoms with Crippen molar-refractivity contribution in [3.8, 4) is 0 Å². The molecule has 1 aliphatic carbocycles. The Morgan fingerprint density at radius 3 is 2.36 bits per heavy atom. The van der Waals surface area contributed by atoms with Crippen LogP contribution in [0.3, 0.4) is 0 Å². The van der Waals surface area contributed by atoms with Gasteiger partial charge >= 0.3 is 0 Å². The smallest absolute Gasteiger partial charge is 0.225 e. The molecule has 0 N–H and O–H groups in total. The lowest BCUT2D eigenvalue weighted by molar-refractivity contribution is -0.133. The predicted molar refractivity (Wildman–Crippen MR) is 45.0 cm³/mol. The number of carbonyl (C=O) groups excluding carboxylic acids is 1. The van der Waals surface area contributed by atoms with E-state index in [1.807, 2.05) is 14.1 Å². The zero-order chi connectivity index (χ0) is 8.27. The zero-order valence-electron chi connectivity index (χ0n) is 7.34. The maximum atomic E-state index is 11.4. The Bertz CT molecular complexity index is 136. The fraction of sp³-hybridized carbons (Fsp3) is 0.778. The average molecular weight is 154 g/mol. The molecule has 63 valence electrons. The van der Waals surface area contributed by atoms with E-state index < -0.39 is 0 Å². The van der Waals surface area contributed by atoms with E-state index in [0.29, 0.717) is 11.8 Å². The van der Waals surface area contributed by atoms with E-state index in [2.05, 4.69) is 6.42 Å². The molecule has 2 heteroatoms. The Morgan fingerprint density at radius 1 is 1.36 bits per heavy atom. The van der Waals surface area contributed by atoms with Gasteiger partial charge in [-0.3, -0.25) is 4.79 Å². The fourth-order valence-corrected chi connectivity index (χ4v) is 1.54. The summed E-state index contributed by atoms with van der Waals surface area (Å²) in [6.07, 6.45) is 6.61. The van der Waals surface area contributed by atoms with Crippen LogP contribution in [0.5, 0.6) is 0 Å². The van der Waals surface area contributed by atoms with Crippen molar-refractivity contribution >= 4 is 5.91 Å². The Morgan fingerprint density at radius 2 is 1.91 bits per heavy atom. The third-order valence-corrected chi connectivity index (χ3v) is 2.23. The lowest BCUT2D eigenvalue weighted by Crippen LogP contribution is -2.30. The SMILES string of the molecule is CN(C)C(=O)C1CC[CH]CC1. The number of amides is 1. The molecule has 11 heavy (non-hydrogen) atoms. The normalized spacial score (nSPS) is 19.8. The van der Waals surface area contributed by atoms with Gasteiger partial charge in [0.05, 0.1) is 0 Å². The number of rotatable bonds is 1. The van der Waals surface area contributed by atoms with Gasteiger partial charge in [-0.25, -0.2) is 0 Å². The minimum atomic E-state index is 0.301. The van der Waals surface area contributed by atoms with Gasteiger partial charge in [-0.05, 0) is 32.1 Å². The van der Waals surface area contributed by atoms with Crippen LogP contribution in [0.4, 0.5) is 0 Å². The van der Waals surface area contributed by atoms with Crippen LogP contribution in [0.15, 0.2) is 0 Å². The summed E-state index contributed by atoms with van der Waals surface area (Å²) in [5.41, 5.74) is 0. The molecule has 0 atom stereocenters. The molecule has 0 aliphatic heterocycles. The summed E-state index contributed by atoms with van der Waals surface area (Å²) in [6, 6.07) is 0. The Hall–Kier alpha value is -0.530. The summed E-state index contributed by atoms with van der Waals surface area (Å²) in [5, 5.41) is 0. The molecule has 0 spiro atoms. The molecule has 0 heterocycles. The zero-order valence-corrected chi connectivity index (χ0v) is 7.34. The van der Waals surface area contributed by atoms with Gasteiger partial charge in [0.2, 0.25) is 5.91 Å². The molecule has 0 bridgehead atoms. The topological polar surface area (TPSA) is 20.3 Å². The van der Waals surface area contributed by atoms with E-state index in [1.165, 1.54) is 0 Å². The summed E-state index contributed by atoms with van der Waals surface area (Å²) >= 11 is 0. The molecule has 1 amide bonds. The maximum Gasteiger partial charge on any atom is 0.225 e. The van der Waals surface area contributed by atoms with Gasteiger partial charge in [-0.15, -0.1) is 0 Å². The highest BCUT2D eigenvalue weighted by Crippen LogP contribution is 2.23. The molecule has 1 fully saturated rings. The van der Waals surface area contributed by atoms with Crippen LogP contribution in [-0.4, -0.2) is 24.9 Å². The monoisotopic (exact) mass is 154 g/mol. The van der Waals surface area contributed by atoms with E-state index in [-0.39, 0.29) is 0 Å². The second-order valence-corrected chi connectivity index (χ2v) is 3.37. The van der Waals surface area contributed by atoms with Crippen molar-refractivity contribution < 1.29 is 4.79 Å². The molecule has 0 aromatic heterocycles. The average Bonchev–Trinajstić information content (AvgIpc) is 2.05. The highest BCUT2D eigenvalue weighted by atomic mass is 16.2. The van der Waals surface area contributed by atoms with Crippen molar-refractivity contribution in [3.05, 3.63) is 6.42 Å². The van der Waals surface area contributed by atoms with Crippen LogP contribution in [0.25, 0.3) is 0 Å². The third kappa shape index (κ3) is 2.21. The van der Waals surface area contributed by atoms with Crippen molar-refractivity contribution in [1.29, 1.82) is 0 Å². The van der Waals surface area contributed by atoms with Gasteiger partial charge in [0.15, 0.2) is 0 Å². The van der Waals surface area contributed by atoms with E-state index in [0.717, 1.165) is 25.7 Å². The molecule has 1 radical (unpaired) electrons. The van der Waals surface area contributed by atoms with Gasteiger partial charge in [-0.2, -0.15) is 0 Å². The van der Waals surface area contributed by atoms with Crippen LogP contribution in [0.2, 0.25) is 0 Å². The molecule has 1 aliphatic rings. The summed E-state index contributed by atoms with van der Waals surface area (Å²) in [4.78, 5) is 13.1. The molecule has 0 aromatic rings. The second kappa shape index (κ2) is 3.74.